The molecule has 1 aliphatic rings. The smallest absolute Gasteiger partial charge is 0.414 e. The van der Waals surface area contributed by atoms with Gasteiger partial charge in [0.1, 0.15) is 6.61 Å². The van der Waals surface area contributed by atoms with Gasteiger partial charge in [0.2, 0.25) is 0 Å². The normalized spacial score (nSPS) is 15.9. The molecule has 1 aromatic carbocycles. The molecule has 1 aromatic rings. The zero-order valence-corrected chi connectivity index (χ0v) is 9.95. The molecule has 1 heterocycles. The van der Waals surface area contributed by atoms with E-state index in [9.17, 15) is 4.79 Å². The number of rotatable bonds is 1. The Labute approximate surface area is 96.2 Å². The van der Waals surface area contributed by atoms with Gasteiger partial charge in [-0.3, -0.25) is 4.90 Å². The molecular weight excluding hydrogens is 293 g/mol. The van der Waals surface area contributed by atoms with E-state index in [1.807, 2.05) is 25.1 Å². The van der Waals surface area contributed by atoms with Crippen molar-refractivity contribution in [3.8, 4) is 0 Å². The molecule has 0 aliphatic carbocycles. The van der Waals surface area contributed by atoms with Crippen molar-refractivity contribution in [1.29, 1.82) is 0 Å². The summed E-state index contributed by atoms with van der Waals surface area (Å²) in [6, 6.07) is 5.97. The summed E-state index contributed by atoms with van der Waals surface area (Å²) in [5.74, 6) is 0. The van der Waals surface area contributed by atoms with Crippen LogP contribution in [0.4, 0.5) is 10.5 Å². The van der Waals surface area contributed by atoms with Gasteiger partial charge in [-0.25, -0.2) is 4.79 Å². The highest BCUT2D eigenvalue weighted by Gasteiger charge is 2.23. The largest absolute Gasteiger partial charge is 0.447 e. The Bertz CT molecular complexity index is 378. The highest BCUT2D eigenvalue weighted by Crippen LogP contribution is 2.22. The molecule has 74 valence electrons. The van der Waals surface area contributed by atoms with E-state index in [4.69, 9.17) is 4.74 Å². The topological polar surface area (TPSA) is 29.5 Å². The number of ether oxygens (including phenoxy) is 1. The van der Waals surface area contributed by atoms with Crippen LogP contribution in [0.2, 0.25) is 0 Å². The minimum Gasteiger partial charge on any atom is -0.447 e. The van der Waals surface area contributed by atoms with E-state index in [0.29, 0.717) is 13.2 Å². The van der Waals surface area contributed by atoms with Gasteiger partial charge >= 0.3 is 6.09 Å². The Morgan fingerprint density at radius 2 is 2.29 bits per heavy atom. The zero-order chi connectivity index (χ0) is 10.1. The number of anilines is 1. The molecule has 1 fully saturated rings. The molecule has 0 unspecified atom stereocenters. The summed E-state index contributed by atoms with van der Waals surface area (Å²) < 4.78 is 6.04. The minimum absolute atomic E-state index is 0.246. The molecule has 2 rings (SSSR count). The fraction of sp³-hybridized carbons (Fsp3) is 0.300. The first-order valence-corrected chi connectivity index (χ1v) is 5.47. The molecule has 0 bridgehead atoms. The summed E-state index contributed by atoms with van der Waals surface area (Å²) in [7, 11) is 0. The summed E-state index contributed by atoms with van der Waals surface area (Å²) in [6.07, 6.45) is -0.246. The lowest BCUT2D eigenvalue weighted by Gasteiger charge is -2.13. The fourth-order valence-corrected chi connectivity index (χ4v) is 1.88. The van der Waals surface area contributed by atoms with Crippen LogP contribution in [0.1, 0.15) is 5.56 Å². The highest BCUT2D eigenvalue weighted by molar-refractivity contribution is 14.1. The second-order valence-corrected chi connectivity index (χ2v) is 4.36. The lowest BCUT2D eigenvalue weighted by molar-refractivity contribution is 0.181. The Kier molecular flexibility index (Phi) is 2.62. The Hall–Kier alpha value is -0.780. The third-order valence-corrected chi connectivity index (χ3v) is 3.39. The number of cyclic esters (lactones) is 1. The van der Waals surface area contributed by atoms with Crippen molar-refractivity contribution in [3.05, 3.63) is 27.3 Å². The molecular formula is C10H10INO2. The van der Waals surface area contributed by atoms with Gasteiger partial charge in [-0.1, -0.05) is 6.07 Å². The van der Waals surface area contributed by atoms with Crippen molar-refractivity contribution in [2.24, 2.45) is 0 Å². The second kappa shape index (κ2) is 3.76. The van der Waals surface area contributed by atoms with E-state index in [2.05, 4.69) is 22.6 Å². The summed E-state index contributed by atoms with van der Waals surface area (Å²) >= 11 is 2.26. The standard InChI is InChI=1S/C10H10INO2/c1-7-2-3-8(6-9(7)11)12-4-5-14-10(12)13/h2-3,6H,4-5H2,1H3. The first-order valence-electron chi connectivity index (χ1n) is 4.39. The van der Waals surface area contributed by atoms with Crippen LogP contribution in [-0.2, 0) is 4.74 Å². The number of benzene rings is 1. The second-order valence-electron chi connectivity index (χ2n) is 3.20. The van der Waals surface area contributed by atoms with Crippen LogP contribution in [0.3, 0.4) is 0 Å². The number of carbonyl (C=O) groups excluding carboxylic acids is 1. The number of hydrogen-bond donors (Lipinski definition) is 0. The number of carbonyl (C=O) groups is 1. The first-order chi connectivity index (χ1) is 6.68. The zero-order valence-electron chi connectivity index (χ0n) is 7.79. The number of aryl methyl sites for hydroxylation is 1. The van der Waals surface area contributed by atoms with Gasteiger partial charge in [-0.05, 0) is 47.2 Å². The van der Waals surface area contributed by atoms with Gasteiger partial charge in [-0.2, -0.15) is 0 Å². The van der Waals surface area contributed by atoms with E-state index in [1.54, 1.807) is 4.90 Å². The van der Waals surface area contributed by atoms with Crippen molar-refractivity contribution in [2.45, 2.75) is 6.92 Å². The first kappa shape index (κ1) is 9.76. The fourth-order valence-electron chi connectivity index (χ4n) is 1.38. The van der Waals surface area contributed by atoms with Crippen LogP contribution in [0.25, 0.3) is 0 Å². The van der Waals surface area contributed by atoms with Gasteiger partial charge < -0.3 is 4.74 Å². The molecule has 14 heavy (non-hydrogen) atoms. The predicted octanol–water partition coefficient (Wildman–Crippen LogP) is 2.56. The van der Waals surface area contributed by atoms with Crippen molar-refractivity contribution >= 4 is 34.4 Å². The number of hydrogen-bond acceptors (Lipinski definition) is 2. The van der Waals surface area contributed by atoms with Gasteiger partial charge in [0.05, 0.1) is 6.54 Å². The lowest BCUT2D eigenvalue weighted by atomic mass is 10.2. The lowest BCUT2D eigenvalue weighted by Crippen LogP contribution is -2.23. The van der Waals surface area contributed by atoms with E-state index in [1.165, 1.54) is 9.13 Å². The maximum atomic E-state index is 11.3. The van der Waals surface area contributed by atoms with Crippen LogP contribution in [0.5, 0.6) is 0 Å². The summed E-state index contributed by atoms with van der Waals surface area (Å²) in [4.78, 5) is 12.9. The highest BCUT2D eigenvalue weighted by atomic mass is 127. The van der Waals surface area contributed by atoms with Crippen LogP contribution < -0.4 is 4.90 Å². The van der Waals surface area contributed by atoms with E-state index < -0.39 is 0 Å². The van der Waals surface area contributed by atoms with Crippen molar-refractivity contribution in [1.82, 2.24) is 0 Å². The summed E-state index contributed by atoms with van der Waals surface area (Å²) in [5.41, 5.74) is 2.14. The molecule has 1 saturated heterocycles. The Morgan fingerprint density at radius 1 is 1.50 bits per heavy atom. The molecule has 3 nitrogen and oxygen atoms in total. The van der Waals surface area contributed by atoms with Gasteiger partial charge in [0, 0.05) is 9.26 Å². The van der Waals surface area contributed by atoms with Crippen LogP contribution >= 0.6 is 22.6 Å². The Morgan fingerprint density at radius 3 is 2.86 bits per heavy atom. The molecule has 1 amide bonds. The molecule has 0 radical (unpaired) electrons. The number of nitrogens with zero attached hydrogens (tertiary/aromatic N) is 1. The molecule has 0 saturated carbocycles. The van der Waals surface area contributed by atoms with Gasteiger partial charge in [0.15, 0.2) is 0 Å². The molecule has 0 aromatic heterocycles. The predicted molar refractivity (Wildman–Crippen MR) is 62.6 cm³/mol. The SMILES string of the molecule is Cc1ccc(N2CCOC2=O)cc1I. The summed E-state index contributed by atoms with van der Waals surface area (Å²) in [5, 5.41) is 0. The maximum Gasteiger partial charge on any atom is 0.414 e. The molecule has 1 aliphatic heterocycles. The van der Waals surface area contributed by atoms with Gasteiger partial charge in [0.25, 0.3) is 0 Å². The van der Waals surface area contributed by atoms with Crippen molar-refractivity contribution < 1.29 is 9.53 Å². The quantitative estimate of drug-likeness (QED) is 0.746. The molecule has 4 heteroatoms. The third-order valence-electron chi connectivity index (χ3n) is 2.23. The maximum absolute atomic E-state index is 11.3. The Balaban J connectivity index is 2.32. The number of amides is 1. The minimum atomic E-state index is -0.246. The van der Waals surface area contributed by atoms with Crippen LogP contribution in [0, 0.1) is 10.5 Å². The van der Waals surface area contributed by atoms with Crippen LogP contribution in [-0.4, -0.2) is 19.2 Å². The monoisotopic (exact) mass is 303 g/mol. The van der Waals surface area contributed by atoms with Crippen molar-refractivity contribution in [2.75, 3.05) is 18.1 Å². The third kappa shape index (κ3) is 1.70. The van der Waals surface area contributed by atoms with Crippen LogP contribution in [0.15, 0.2) is 18.2 Å². The van der Waals surface area contributed by atoms with E-state index in [0.717, 1.165) is 5.69 Å². The average molecular weight is 303 g/mol. The molecule has 0 N–H and O–H groups in total. The summed E-state index contributed by atoms with van der Waals surface area (Å²) in [6.45, 7) is 3.19. The average Bonchev–Trinajstić information content (AvgIpc) is 2.57. The molecule has 0 atom stereocenters. The van der Waals surface area contributed by atoms with E-state index >= 15 is 0 Å². The van der Waals surface area contributed by atoms with Crippen molar-refractivity contribution in [3.63, 3.8) is 0 Å². The van der Waals surface area contributed by atoms with Gasteiger partial charge in [-0.15, -0.1) is 0 Å². The molecule has 0 spiro atoms. The number of halogens is 1. The van der Waals surface area contributed by atoms with E-state index in [-0.39, 0.29) is 6.09 Å².